The molecule has 3 N–H and O–H groups in total. The van der Waals surface area contributed by atoms with Crippen molar-refractivity contribution in [3.8, 4) is 0 Å². The topological polar surface area (TPSA) is 153 Å². The molecule has 0 fully saturated rings. The quantitative estimate of drug-likeness (QED) is 0.0772. The first-order valence-electron chi connectivity index (χ1n) is 16.7. The highest BCUT2D eigenvalue weighted by Gasteiger charge is 2.26. The Morgan fingerprint density at radius 1 is 0.792 bits per heavy atom. The fourth-order valence-corrected chi connectivity index (χ4v) is 9.28. The molecule has 0 spiro atoms. The summed E-state index contributed by atoms with van der Waals surface area (Å²) in [4.78, 5) is 14.0. The molecule has 1 aliphatic heterocycles. The van der Waals surface area contributed by atoms with Crippen molar-refractivity contribution in [2.24, 2.45) is 7.05 Å². The van der Waals surface area contributed by atoms with E-state index in [0.717, 1.165) is 44.1 Å². The summed E-state index contributed by atoms with van der Waals surface area (Å²) in [5, 5.41) is 10.3. The number of fused-ring (bicyclic) bond motifs is 4. The van der Waals surface area contributed by atoms with Gasteiger partial charge in [0.2, 0.25) is 11.0 Å². The zero-order valence-electron chi connectivity index (χ0n) is 28.7. The number of pyridine rings is 1. The van der Waals surface area contributed by atoms with Gasteiger partial charge in [0, 0.05) is 57.9 Å². The summed E-state index contributed by atoms with van der Waals surface area (Å²) in [6.45, 7) is 0. The van der Waals surface area contributed by atoms with E-state index >= 15 is 0 Å². The minimum Gasteiger partial charge on any atom is -0.481 e. The van der Waals surface area contributed by atoms with Crippen LogP contribution < -0.4 is 9.47 Å². The van der Waals surface area contributed by atoms with Crippen molar-refractivity contribution in [3.05, 3.63) is 136 Å². The Labute approximate surface area is 311 Å². The number of rotatable bonds is 9. The fourth-order valence-electron chi connectivity index (χ4n) is 7.08. The number of benzene rings is 4. The average molecular weight is 768 g/mol. The molecule has 2 aliphatic rings. The summed E-state index contributed by atoms with van der Waals surface area (Å²) < 4.78 is 70.4. The largest absolute Gasteiger partial charge is 0.481 e. The molecular formula is C40H35N2O8S3+. The smallest absolute Gasteiger partial charge is 0.304 e. The number of thioether (sulfide) groups is 1. The highest BCUT2D eigenvalue weighted by molar-refractivity contribution is 8.03. The van der Waals surface area contributed by atoms with Crippen LogP contribution in [0.1, 0.15) is 36.0 Å². The summed E-state index contributed by atoms with van der Waals surface area (Å²) in [5.41, 5.74) is 9.11. The van der Waals surface area contributed by atoms with Crippen LogP contribution >= 0.6 is 11.8 Å². The summed E-state index contributed by atoms with van der Waals surface area (Å²) in [6, 6.07) is 24.9. The van der Waals surface area contributed by atoms with Crippen molar-refractivity contribution in [2.45, 2.75) is 29.1 Å². The molecule has 0 atom stereocenters. The normalized spacial score (nSPS) is 15.5. The van der Waals surface area contributed by atoms with Crippen molar-refractivity contribution < 1.29 is 40.4 Å². The molecule has 7 rings (SSSR count). The van der Waals surface area contributed by atoms with E-state index in [4.69, 9.17) is 0 Å². The molecule has 5 aromatic rings. The minimum atomic E-state index is -4.57. The molecular weight excluding hydrogens is 733 g/mol. The van der Waals surface area contributed by atoms with Crippen LogP contribution in [0.25, 0.3) is 33.5 Å². The summed E-state index contributed by atoms with van der Waals surface area (Å²) >= 11 is 1.46. The second kappa shape index (κ2) is 14.1. The van der Waals surface area contributed by atoms with Gasteiger partial charge >= 0.3 is 5.97 Å². The van der Waals surface area contributed by atoms with Gasteiger partial charge in [0.15, 0.2) is 0 Å². The van der Waals surface area contributed by atoms with Gasteiger partial charge in [-0.15, -0.1) is 11.8 Å². The Morgan fingerprint density at radius 2 is 1.34 bits per heavy atom. The predicted molar refractivity (Wildman–Crippen MR) is 208 cm³/mol. The van der Waals surface area contributed by atoms with Crippen LogP contribution in [0.15, 0.2) is 129 Å². The summed E-state index contributed by atoms with van der Waals surface area (Å²) in [5.74, 6) is -0.561. The van der Waals surface area contributed by atoms with E-state index in [1.54, 1.807) is 29.8 Å². The monoisotopic (exact) mass is 767 g/mol. The standard InChI is InChI=1S/C40H34N2O8S3/c1-41-35-9-5-3-7-31(35)29(32-8-4-6-10-36(32)41)17-13-25-11-12-26(40(25)51-22-21-39(43)44)14-18-30-33-23-27(52(45,46)47)15-19-37(33)42(2)38-20-16-28(24-34(30)38)53(48,49)50/h3-10,13-20,23-24H,11-12,21-22H2,1-2H3,(H2-,43,44,45,46,47,48,49,50)/p+1. The Hall–Kier alpha value is -5.05. The molecule has 0 saturated carbocycles. The van der Waals surface area contributed by atoms with E-state index in [1.165, 1.54) is 36.0 Å². The van der Waals surface area contributed by atoms with Gasteiger partial charge in [-0.2, -0.15) is 21.4 Å². The number of hydrogen-bond donors (Lipinski definition) is 3. The number of aryl methyl sites for hydroxylation is 1. The molecule has 1 aromatic heterocycles. The SMILES string of the molecule is CN1c2ccccc2C(=C/C=C2\CCC(/C=C/c3c4cc(S(=O)(=O)O)ccc4[n+](C)c4ccc(S(=O)(=O)O)cc34)=C2SCCC(=O)O)c2ccccc21. The van der Waals surface area contributed by atoms with Crippen molar-refractivity contribution in [2.75, 3.05) is 17.7 Å². The maximum atomic E-state index is 12.2. The van der Waals surface area contributed by atoms with Gasteiger partial charge in [0.05, 0.1) is 27.0 Å². The third-order valence-corrected chi connectivity index (χ3v) is 12.6. The molecule has 10 nitrogen and oxygen atoms in total. The summed E-state index contributed by atoms with van der Waals surface area (Å²) in [6.07, 6.45) is 9.19. The Kier molecular flexibility index (Phi) is 9.64. The number of anilines is 2. The molecule has 0 saturated heterocycles. The molecule has 2 heterocycles. The Morgan fingerprint density at radius 3 is 1.87 bits per heavy atom. The number of nitrogens with zero attached hydrogens (tertiary/aromatic N) is 2. The predicted octanol–water partition coefficient (Wildman–Crippen LogP) is 7.72. The highest BCUT2D eigenvalue weighted by atomic mass is 32.2. The Bertz CT molecular complexity index is 2570. The fraction of sp³-hybridized carbons (Fsp3) is 0.150. The molecule has 13 heteroatoms. The summed E-state index contributed by atoms with van der Waals surface area (Å²) in [7, 11) is -5.35. The van der Waals surface area contributed by atoms with Gasteiger partial charge in [0.25, 0.3) is 20.2 Å². The lowest BCUT2D eigenvalue weighted by atomic mass is 9.90. The molecule has 270 valence electrons. The molecule has 0 unspecified atom stereocenters. The van der Waals surface area contributed by atoms with E-state index in [-0.39, 0.29) is 16.2 Å². The number of aromatic nitrogens is 1. The van der Waals surface area contributed by atoms with E-state index in [2.05, 4.69) is 48.4 Å². The van der Waals surface area contributed by atoms with Gasteiger partial charge in [0.1, 0.15) is 7.05 Å². The third-order valence-electron chi connectivity index (χ3n) is 9.66. The van der Waals surface area contributed by atoms with Crippen LogP contribution in [0.2, 0.25) is 0 Å². The van der Waals surface area contributed by atoms with Crippen molar-refractivity contribution in [1.82, 2.24) is 0 Å². The van der Waals surface area contributed by atoms with Gasteiger partial charge in [-0.3, -0.25) is 13.9 Å². The number of aliphatic carboxylic acids is 1. The highest BCUT2D eigenvalue weighted by Crippen LogP contribution is 2.45. The molecule has 0 amide bonds. The van der Waals surface area contributed by atoms with Crippen LogP contribution in [-0.4, -0.2) is 49.8 Å². The maximum Gasteiger partial charge on any atom is 0.304 e. The van der Waals surface area contributed by atoms with Crippen molar-refractivity contribution in [1.29, 1.82) is 0 Å². The van der Waals surface area contributed by atoms with Gasteiger partial charge in [-0.05, 0) is 66.0 Å². The van der Waals surface area contributed by atoms with Crippen LogP contribution in [0.5, 0.6) is 0 Å². The zero-order valence-corrected chi connectivity index (χ0v) is 31.2. The number of hydrogen-bond acceptors (Lipinski definition) is 7. The van der Waals surface area contributed by atoms with Gasteiger partial charge < -0.3 is 10.0 Å². The van der Waals surface area contributed by atoms with Gasteiger partial charge in [-0.1, -0.05) is 60.7 Å². The average Bonchev–Trinajstić information content (AvgIpc) is 3.51. The molecule has 0 radical (unpaired) electrons. The molecule has 1 aliphatic carbocycles. The first-order chi connectivity index (χ1) is 25.2. The molecule has 53 heavy (non-hydrogen) atoms. The molecule has 4 aromatic carbocycles. The number of allylic oxidation sites excluding steroid dienone is 5. The van der Waals surface area contributed by atoms with Gasteiger partial charge in [-0.25, -0.2) is 0 Å². The lowest BCUT2D eigenvalue weighted by molar-refractivity contribution is -0.617. The van der Waals surface area contributed by atoms with Crippen LogP contribution in [0.4, 0.5) is 11.4 Å². The minimum absolute atomic E-state index is 0.0338. The van der Waals surface area contributed by atoms with Crippen LogP contribution in [-0.2, 0) is 32.1 Å². The zero-order chi connectivity index (χ0) is 37.7. The van der Waals surface area contributed by atoms with E-state index in [1.807, 2.05) is 30.3 Å². The lowest BCUT2D eigenvalue weighted by Gasteiger charge is -2.31. The first-order valence-corrected chi connectivity index (χ1v) is 20.5. The number of carboxylic acids is 1. The van der Waals surface area contributed by atoms with Crippen molar-refractivity contribution in [3.63, 3.8) is 0 Å². The van der Waals surface area contributed by atoms with E-state index < -0.39 is 26.2 Å². The lowest BCUT2D eigenvalue weighted by Crippen LogP contribution is -2.30. The third kappa shape index (κ3) is 7.06. The number of carboxylic acid groups (broad SMARTS) is 1. The Balaban J connectivity index is 1.40. The molecule has 0 bridgehead atoms. The van der Waals surface area contributed by atoms with Crippen LogP contribution in [0, 0.1) is 0 Å². The second-order valence-electron chi connectivity index (χ2n) is 12.8. The first kappa shape index (κ1) is 36.3. The van der Waals surface area contributed by atoms with Crippen LogP contribution in [0.3, 0.4) is 0 Å². The number of carbonyl (C=O) groups is 1. The second-order valence-corrected chi connectivity index (χ2v) is 16.8. The van der Waals surface area contributed by atoms with E-state index in [0.29, 0.717) is 46.0 Å². The van der Waals surface area contributed by atoms with Crippen molar-refractivity contribution >= 4 is 82.8 Å². The maximum absolute atomic E-state index is 12.2. The van der Waals surface area contributed by atoms with E-state index in [9.17, 15) is 35.8 Å². The number of para-hydroxylation sites is 2.